The first-order chi connectivity index (χ1) is 12.7. The van der Waals surface area contributed by atoms with Gasteiger partial charge in [0, 0.05) is 6.42 Å². The van der Waals surface area contributed by atoms with Crippen molar-refractivity contribution in [2.45, 2.75) is 75.8 Å². The normalized spacial score (nSPS) is 14.6. The largest absolute Gasteiger partial charge is 0.466 e. The lowest BCUT2D eigenvalue weighted by Gasteiger charge is -2.34. The molecule has 0 aliphatic carbocycles. The van der Waals surface area contributed by atoms with Gasteiger partial charge >= 0.3 is 29.9 Å². The number of ether oxygens (including phenoxy) is 1. The Morgan fingerprint density at radius 1 is 0.929 bits per heavy atom. The number of esters is 1. The summed E-state index contributed by atoms with van der Waals surface area (Å²) in [6.07, 6.45) is -6.10. The predicted molar refractivity (Wildman–Crippen MR) is 83.5 cm³/mol. The monoisotopic (exact) mass is 430 g/mol. The minimum Gasteiger partial charge on any atom is -0.466 e. The first-order valence-corrected chi connectivity index (χ1v) is 8.63. The van der Waals surface area contributed by atoms with Crippen molar-refractivity contribution in [2.24, 2.45) is 5.92 Å². The van der Waals surface area contributed by atoms with Crippen LogP contribution in [0.5, 0.6) is 0 Å². The smallest absolute Gasteiger partial charge is 0.460 e. The topological polar surface area (TPSA) is 26.3 Å². The molecule has 0 bridgehead atoms. The van der Waals surface area contributed by atoms with Crippen molar-refractivity contribution in [2.75, 3.05) is 6.61 Å². The van der Waals surface area contributed by atoms with Crippen LogP contribution in [0.4, 0.5) is 39.5 Å². The van der Waals surface area contributed by atoms with Gasteiger partial charge in [-0.25, -0.2) is 0 Å². The maximum atomic E-state index is 13.6. The minimum atomic E-state index is -6.92. The average molecular weight is 430 g/mol. The van der Waals surface area contributed by atoms with Crippen LogP contribution in [0, 0.1) is 5.92 Å². The molecule has 0 amide bonds. The van der Waals surface area contributed by atoms with E-state index in [9.17, 15) is 44.3 Å². The minimum absolute atomic E-state index is 0.0483. The molecule has 0 radical (unpaired) electrons. The van der Waals surface area contributed by atoms with Gasteiger partial charge in [0.2, 0.25) is 0 Å². The van der Waals surface area contributed by atoms with Crippen LogP contribution in [-0.4, -0.2) is 36.5 Å². The molecule has 0 aliphatic rings. The number of unbranched alkanes of at least 4 members (excludes halogenated alkanes) is 3. The third-order valence-electron chi connectivity index (χ3n) is 4.10. The molecule has 0 saturated heterocycles. The van der Waals surface area contributed by atoms with Crippen molar-refractivity contribution in [1.82, 2.24) is 0 Å². The maximum Gasteiger partial charge on any atom is 0.460 e. The Labute approximate surface area is 157 Å². The predicted octanol–water partition coefficient (Wildman–Crippen LogP) is 6.55. The van der Waals surface area contributed by atoms with E-state index in [2.05, 4.69) is 11.3 Å². The van der Waals surface area contributed by atoms with Gasteiger partial charge in [0.1, 0.15) is 0 Å². The Morgan fingerprint density at radius 3 is 1.96 bits per heavy atom. The molecule has 28 heavy (non-hydrogen) atoms. The zero-order valence-corrected chi connectivity index (χ0v) is 15.2. The van der Waals surface area contributed by atoms with Crippen LogP contribution in [0.2, 0.25) is 0 Å². The van der Waals surface area contributed by atoms with Crippen molar-refractivity contribution >= 4 is 5.97 Å². The van der Waals surface area contributed by atoms with Crippen LogP contribution in [-0.2, 0) is 9.53 Å². The molecule has 166 valence electrons. The summed E-state index contributed by atoms with van der Waals surface area (Å²) in [5.74, 6) is -21.6. The SMILES string of the molecule is C=CCCCCCC(CCC(F)(F)C(F)(F)C(F)(F)C(F)(F)F)C(=O)OCC. The second kappa shape index (κ2) is 10.4. The molecule has 2 nitrogen and oxygen atoms in total. The number of rotatable bonds is 13. The van der Waals surface area contributed by atoms with Crippen LogP contribution in [0.1, 0.15) is 51.9 Å². The highest BCUT2D eigenvalue weighted by atomic mass is 19.4. The van der Waals surface area contributed by atoms with Crippen LogP contribution in [0.25, 0.3) is 0 Å². The molecule has 0 N–H and O–H groups in total. The zero-order valence-electron chi connectivity index (χ0n) is 15.2. The molecule has 0 aromatic rings. The van der Waals surface area contributed by atoms with E-state index in [1.54, 1.807) is 6.08 Å². The molecule has 0 spiro atoms. The highest BCUT2D eigenvalue weighted by Crippen LogP contribution is 2.54. The number of alkyl halides is 9. The van der Waals surface area contributed by atoms with E-state index in [0.717, 1.165) is 0 Å². The average Bonchev–Trinajstić information content (AvgIpc) is 2.56. The molecule has 11 heteroatoms. The number of carbonyl (C=O) groups is 1. The van der Waals surface area contributed by atoms with Gasteiger partial charge in [0.05, 0.1) is 12.5 Å². The zero-order chi connectivity index (χ0) is 22.2. The van der Waals surface area contributed by atoms with Crippen LogP contribution < -0.4 is 0 Å². The fourth-order valence-corrected chi connectivity index (χ4v) is 2.42. The van der Waals surface area contributed by atoms with Crippen LogP contribution in [0.3, 0.4) is 0 Å². The first-order valence-electron chi connectivity index (χ1n) is 8.63. The third-order valence-corrected chi connectivity index (χ3v) is 4.10. The molecule has 0 saturated carbocycles. The molecule has 0 fully saturated rings. The van der Waals surface area contributed by atoms with Crippen molar-refractivity contribution < 1.29 is 49.0 Å². The third kappa shape index (κ3) is 6.58. The van der Waals surface area contributed by atoms with Crippen molar-refractivity contribution in [3.63, 3.8) is 0 Å². The van der Waals surface area contributed by atoms with Crippen molar-refractivity contribution in [1.29, 1.82) is 0 Å². The summed E-state index contributed by atoms with van der Waals surface area (Å²) in [7, 11) is 0. The summed E-state index contributed by atoms with van der Waals surface area (Å²) in [6, 6.07) is 0. The Kier molecular flexibility index (Phi) is 9.86. The second-order valence-electron chi connectivity index (χ2n) is 6.27. The second-order valence-corrected chi connectivity index (χ2v) is 6.27. The highest BCUT2D eigenvalue weighted by Gasteiger charge is 2.81. The van der Waals surface area contributed by atoms with E-state index >= 15 is 0 Å². The van der Waals surface area contributed by atoms with Crippen molar-refractivity contribution in [3.8, 4) is 0 Å². The summed E-state index contributed by atoms with van der Waals surface area (Å²) in [4.78, 5) is 11.8. The summed E-state index contributed by atoms with van der Waals surface area (Å²) in [5.41, 5.74) is 0. The number of carbonyl (C=O) groups excluding carboxylic acids is 1. The Balaban J connectivity index is 5.17. The lowest BCUT2D eigenvalue weighted by atomic mass is 9.91. The first kappa shape index (κ1) is 26.6. The summed E-state index contributed by atoms with van der Waals surface area (Å²) in [6.45, 7) is 4.77. The number of hydrogen-bond acceptors (Lipinski definition) is 2. The molecule has 0 heterocycles. The van der Waals surface area contributed by atoms with Gasteiger partial charge < -0.3 is 4.74 Å². The molecule has 0 aromatic heterocycles. The fraction of sp³-hybridized carbons (Fsp3) is 0.824. The number of allylic oxidation sites excluding steroid dienone is 1. The molecule has 0 aliphatic heterocycles. The van der Waals surface area contributed by atoms with Crippen LogP contribution in [0.15, 0.2) is 12.7 Å². The van der Waals surface area contributed by atoms with Gasteiger partial charge in [0.15, 0.2) is 0 Å². The molecular formula is C17H23F9O2. The van der Waals surface area contributed by atoms with Gasteiger partial charge in [-0.15, -0.1) is 6.58 Å². The van der Waals surface area contributed by atoms with E-state index in [0.29, 0.717) is 25.7 Å². The maximum absolute atomic E-state index is 13.6. The molecule has 1 unspecified atom stereocenters. The van der Waals surface area contributed by atoms with Gasteiger partial charge in [-0.1, -0.05) is 18.9 Å². The standard InChI is InChI=1S/C17H23F9O2/c1-3-5-6-7-8-9-12(13(27)28-4-2)10-11-14(18,19)15(20,21)16(22,23)17(24,25)26/h3,12H,1,4-11H2,2H3. The van der Waals surface area contributed by atoms with Crippen molar-refractivity contribution in [3.05, 3.63) is 12.7 Å². The summed E-state index contributed by atoms with van der Waals surface area (Å²) >= 11 is 0. The Hall–Kier alpha value is -1.42. The molecule has 0 rings (SSSR count). The van der Waals surface area contributed by atoms with E-state index in [1.165, 1.54) is 6.92 Å². The summed E-state index contributed by atoms with van der Waals surface area (Å²) < 4.78 is 121. The Bertz CT molecular complexity index is 501. The Morgan fingerprint density at radius 2 is 1.50 bits per heavy atom. The molecule has 0 aromatic carbocycles. The number of halogens is 9. The lowest BCUT2D eigenvalue weighted by Crippen LogP contribution is -2.60. The van der Waals surface area contributed by atoms with E-state index in [4.69, 9.17) is 0 Å². The lowest BCUT2D eigenvalue weighted by molar-refractivity contribution is -0.396. The van der Waals surface area contributed by atoms with Crippen LogP contribution >= 0.6 is 0 Å². The van der Waals surface area contributed by atoms with E-state index in [1.807, 2.05) is 0 Å². The number of hydrogen-bond donors (Lipinski definition) is 0. The summed E-state index contributed by atoms with van der Waals surface area (Å²) in [5, 5.41) is 0. The highest BCUT2D eigenvalue weighted by molar-refractivity contribution is 5.72. The molecular weight excluding hydrogens is 407 g/mol. The van der Waals surface area contributed by atoms with Gasteiger partial charge in [-0.3, -0.25) is 4.79 Å². The quantitative estimate of drug-likeness (QED) is 0.143. The van der Waals surface area contributed by atoms with Gasteiger partial charge in [-0.05, 0) is 32.6 Å². The fourth-order valence-electron chi connectivity index (χ4n) is 2.42. The van der Waals surface area contributed by atoms with Gasteiger partial charge in [0.25, 0.3) is 0 Å². The van der Waals surface area contributed by atoms with E-state index in [-0.39, 0.29) is 13.0 Å². The van der Waals surface area contributed by atoms with E-state index < -0.39 is 48.7 Å². The molecule has 1 atom stereocenters. The van der Waals surface area contributed by atoms with Gasteiger partial charge in [-0.2, -0.15) is 39.5 Å².